The van der Waals surface area contributed by atoms with Gasteiger partial charge in [-0.2, -0.15) is 9.57 Å². The van der Waals surface area contributed by atoms with Gasteiger partial charge < -0.3 is 4.74 Å². The predicted octanol–water partition coefficient (Wildman–Crippen LogP) is 1.28. The van der Waals surface area contributed by atoms with E-state index < -0.39 is 21.0 Å². The van der Waals surface area contributed by atoms with E-state index in [1.54, 1.807) is 0 Å². The molecule has 1 saturated heterocycles. The molecule has 9 heteroatoms. The number of nitro benzene ring substituents is 1. The minimum atomic E-state index is -4.02. The number of rotatable bonds is 4. The minimum absolute atomic E-state index is 0.0178. The van der Waals surface area contributed by atoms with Crippen molar-refractivity contribution in [2.24, 2.45) is 0 Å². The fraction of sp³-hybridized carbons (Fsp3) is 0.417. The molecule has 0 aliphatic carbocycles. The average molecular weight is 311 g/mol. The lowest BCUT2D eigenvalue weighted by Gasteiger charge is -2.20. The molecule has 0 spiro atoms. The van der Waals surface area contributed by atoms with Crippen molar-refractivity contribution in [2.75, 3.05) is 13.7 Å². The standard InChI is InChI=1S/C12H13N3O5S/c1-20-11-5-4-9(15(16)17)7-12(11)21(18,19)14-6-2-3-10(14)8-13/h4-5,7,10H,2-3,6H2,1H3. The zero-order valence-electron chi connectivity index (χ0n) is 11.2. The van der Waals surface area contributed by atoms with Crippen LogP contribution in [0.25, 0.3) is 0 Å². The molecule has 8 nitrogen and oxygen atoms in total. The molecule has 0 bridgehead atoms. The van der Waals surface area contributed by atoms with Gasteiger partial charge in [-0.15, -0.1) is 0 Å². The quantitative estimate of drug-likeness (QED) is 0.611. The van der Waals surface area contributed by atoms with Crippen LogP contribution in [-0.2, 0) is 10.0 Å². The third kappa shape index (κ3) is 2.68. The summed E-state index contributed by atoms with van der Waals surface area (Å²) in [6.45, 7) is 0.215. The van der Waals surface area contributed by atoms with Gasteiger partial charge in [-0.1, -0.05) is 0 Å². The van der Waals surface area contributed by atoms with Crippen molar-refractivity contribution in [3.8, 4) is 11.8 Å². The van der Waals surface area contributed by atoms with Crippen molar-refractivity contribution in [2.45, 2.75) is 23.8 Å². The number of nitro groups is 1. The number of hydrogen-bond donors (Lipinski definition) is 0. The Labute approximate surface area is 121 Å². The van der Waals surface area contributed by atoms with Crippen molar-refractivity contribution in [1.82, 2.24) is 4.31 Å². The zero-order chi connectivity index (χ0) is 15.6. The second-order valence-electron chi connectivity index (χ2n) is 4.50. The molecule has 1 aliphatic rings. The Hall–Kier alpha value is -2.18. The van der Waals surface area contributed by atoms with Gasteiger partial charge in [0.15, 0.2) is 0 Å². The van der Waals surface area contributed by atoms with Crippen LogP contribution in [0.4, 0.5) is 5.69 Å². The largest absolute Gasteiger partial charge is 0.495 e. The van der Waals surface area contributed by atoms with Crippen LogP contribution in [0.3, 0.4) is 0 Å². The van der Waals surface area contributed by atoms with E-state index in [9.17, 15) is 18.5 Å². The van der Waals surface area contributed by atoms with E-state index >= 15 is 0 Å². The fourth-order valence-corrected chi connectivity index (χ4v) is 4.05. The summed E-state index contributed by atoms with van der Waals surface area (Å²) in [5, 5.41) is 19.8. The van der Waals surface area contributed by atoms with Crippen LogP contribution in [0.2, 0.25) is 0 Å². The van der Waals surface area contributed by atoms with E-state index in [4.69, 9.17) is 10.00 Å². The first-order valence-electron chi connectivity index (χ1n) is 6.15. The van der Waals surface area contributed by atoms with E-state index in [-0.39, 0.29) is 22.9 Å². The molecular weight excluding hydrogens is 298 g/mol. The minimum Gasteiger partial charge on any atom is -0.495 e. The van der Waals surface area contributed by atoms with Crippen LogP contribution < -0.4 is 4.74 Å². The van der Waals surface area contributed by atoms with Gasteiger partial charge in [0, 0.05) is 18.7 Å². The third-order valence-electron chi connectivity index (χ3n) is 3.30. The van der Waals surface area contributed by atoms with Crippen LogP contribution in [0.5, 0.6) is 5.75 Å². The molecule has 0 saturated carbocycles. The number of nitriles is 1. The molecule has 1 aromatic rings. The summed E-state index contributed by atoms with van der Waals surface area (Å²) in [4.78, 5) is 9.86. The smallest absolute Gasteiger partial charge is 0.271 e. The van der Waals surface area contributed by atoms with Crippen molar-refractivity contribution in [3.63, 3.8) is 0 Å². The Morgan fingerprint density at radius 3 is 2.81 bits per heavy atom. The first kappa shape index (κ1) is 15.2. The van der Waals surface area contributed by atoms with Crippen LogP contribution in [0.15, 0.2) is 23.1 Å². The van der Waals surface area contributed by atoms with Gasteiger partial charge in [0.2, 0.25) is 10.0 Å². The third-order valence-corrected chi connectivity index (χ3v) is 5.23. The van der Waals surface area contributed by atoms with Crippen molar-refractivity contribution < 1.29 is 18.1 Å². The number of ether oxygens (including phenoxy) is 1. The topological polar surface area (TPSA) is 114 Å². The summed E-state index contributed by atoms with van der Waals surface area (Å²) in [7, 11) is -2.73. The molecule has 0 aromatic heterocycles. The molecular formula is C12H13N3O5S. The lowest BCUT2D eigenvalue weighted by Crippen LogP contribution is -2.34. The zero-order valence-corrected chi connectivity index (χ0v) is 12.0. The molecule has 1 heterocycles. The van der Waals surface area contributed by atoms with Gasteiger partial charge in [0.05, 0.1) is 18.1 Å². The fourth-order valence-electron chi connectivity index (χ4n) is 2.26. The highest BCUT2D eigenvalue weighted by atomic mass is 32.2. The highest BCUT2D eigenvalue weighted by molar-refractivity contribution is 7.89. The van der Waals surface area contributed by atoms with Crippen molar-refractivity contribution >= 4 is 15.7 Å². The summed E-state index contributed by atoms with van der Waals surface area (Å²) in [5.74, 6) is 0.0178. The van der Waals surface area contributed by atoms with Crippen LogP contribution >= 0.6 is 0 Å². The Bertz CT molecular complexity index is 710. The first-order chi connectivity index (χ1) is 9.91. The monoisotopic (exact) mass is 311 g/mol. The Kier molecular flexibility index (Phi) is 4.11. The molecule has 112 valence electrons. The van der Waals surface area contributed by atoms with Gasteiger partial charge in [0.1, 0.15) is 16.7 Å². The van der Waals surface area contributed by atoms with Crippen molar-refractivity contribution in [3.05, 3.63) is 28.3 Å². The van der Waals surface area contributed by atoms with Crippen LogP contribution in [0, 0.1) is 21.4 Å². The highest BCUT2D eigenvalue weighted by Gasteiger charge is 2.37. The summed E-state index contributed by atoms with van der Waals surface area (Å²) in [6, 6.07) is 4.55. The number of methoxy groups -OCH3 is 1. The predicted molar refractivity (Wildman–Crippen MR) is 72.2 cm³/mol. The van der Waals surface area contributed by atoms with E-state index in [1.165, 1.54) is 19.2 Å². The van der Waals surface area contributed by atoms with E-state index in [0.29, 0.717) is 12.8 Å². The van der Waals surface area contributed by atoms with E-state index in [2.05, 4.69) is 0 Å². The average Bonchev–Trinajstić information content (AvgIpc) is 2.95. The van der Waals surface area contributed by atoms with Gasteiger partial charge in [0.25, 0.3) is 5.69 Å². The lowest BCUT2D eigenvalue weighted by atomic mass is 10.2. The molecule has 1 aromatic carbocycles. The molecule has 0 radical (unpaired) electrons. The summed E-state index contributed by atoms with van der Waals surface area (Å²) in [6.07, 6.45) is 1.03. The Morgan fingerprint density at radius 2 is 2.24 bits per heavy atom. The molecule has 1 aliphatic heterocycles. The second-order valence-corrected chi connectivity index (χ2v) is 6.35. The van der Waals surface area contributed by atoms with Gasteiger partial charge >= 0.3 is 0 Å². The highest BCUT2D eigenvalue weighted by Crippen LogP contribution is 2.33. The number of nitrogens with zero attached hydrogens (tertiary/aromatic N) is 3. The van der Waals surface area contributed by atoms with Crippen LogP contribution in [-0.4, -0.2) is 37.3 Å². The van der Waals surface area contributed by atoms with Crippen molar-refractivity contribution in [1.29, 1.82) is 5.26 Å². The normalized spacial score (nSPS) is 19.1. The molecule has 1 unspecified atom stereocenters. The molecule has 2 rings (SSSR count). The maximum atomic E-state index is 12.6. The van der Waals surface area contributed by atoms with Gasteiger partial charge in [-0.25, -0.2) is 8.42 Å². The molecule has 21 heavy (non-hydrogen) atoms. The molecule has 0 N–H and O–H groups in total. The van der Waals surface area contributed by atoms with E-state index in [1.807, 2.05) is 6.07 Å². The summed E-state index contributed by atoms with van der Waals surface area (Å²) in [5.41, 5.74) is -0.345. The number of benzene rings is 1. The van der Waals surface area contributed by atoms with E-state index in [0.717, 1.165) is 10.4 Å². The summed E-state index contributed by atoms with van der Waals surface area (Å²) >= 11 is 0. The maximum Gasteiger partial charge on any atom is 0.271 e. The van der Waals surface area contributed by atoms with Gasteiger partial charge in [-0.05, 0) is 18.9 Å². The second kappa shape index (κ2) is 5.67. The molecule has 1 fully saturated rings. The lowest BCUT2D eigenvalue weighted by molar-refractivity contribution is -0.385. The maximum absolute atomic E-state index is 12.6. The Balaban J connectivity index is 2.56. The first-order valence-corrected chi connectivity index (χ1v) is 7.59. The SMILES string of the molecule is COc1ccc([N+](=O)[O-])cc1S(=O)(=O)N1CCCC1C#N. The number of non-ortho nitro benzene ring substituents is 1. The number of sulfonamides is 1. The Morgan fingerprint density at radius 1 is 1.52 bits per heavy atom. The summed E-state index contributed by atoms with van der Waals surface area (Å²) < 4.78 is 31.3. The number of hydrogen-bond acceptors (Lipinski definition) is 6. The van der Waals surface area contributed by atoms with Crippen LogP contribution in [0.1, 0.15) is 12.8 Å². The van der Waals surface area contributed by atoms with Gasteiger partial charge in [-0.3, -0.25) is 10.1 Å². The molecule has 1 atom stereocenters. The molecule has 0 amide bonds.